The van der Waals surface area contributed by atoms with Crippen molar-refractivity contribution < 1.29 is 23.9 Å². The number of anilines is 1. The number of thiazole rings is 1. The number of esters is 2. The van der Waals surface area contributed by atoms with E-state index in [1.807, 2.05) is 0 Å². The van der Waals surface area contributed by atoms with E-state index in [2.05, 4.69) is 15.0 Å². The van der Waals surface area contributed by atoms with Crippen LogP contribution in [0.1, 0.15) is 38.0 Å². The predicted molar refractivity (Wildman–Crippen MR) is 101 cm³/mol. The first kappa shape index (κ1) is 18.5. The Balaban J connectivity index is 1.81. The van der Waals surface area contributed by atoms with Crippen LogP contribution >= 0.6 is 11.3 Å². The van der Waals surface area contributed by atoms with Gasteiger partial charge < -0.3 is 9.47 Å². The van der Waals surface area contributed by atoms with Crippen molar-refractivity contribution >= 4 is 44.5 Å². The Hall–Kier alpha value is -3.26. The highest BCUT2D eigenvalue weighted by atomic mass is 32.1. The second-order valence-electron chi connectivity index (χ2n) is 5.45. The van der Waals surface area contributed by atoms with Gasteiger partial charge in [-0.1, -0.05) is 17.4 Å². The lowest BCUT2D eigenvalue weighted by molar-refractivity contribution is 0.0525. The number of nitrogens with one attached hydrogen (secondary N) is 1. The van der Waals surface area contributed by atoms with Gasteiger partial charge in [0.15, 0.2) is 5.13 Å². The van der Waals surface area contributed by atoms with Gasteiger partial charge in [-0.05, 0) is 43.3 Å². The van der Waals surface area contributed by atoms with Crippen molar-refractivity contribution in [1.29, 1.82) is 0 Å². The zero-order valence-corrected chi connectivity index (χ0v) is 15.5. The van der Waals surface area contributed by atoms with E-state index in [9.17, 15) is 14.4 Å². The Bertz CT molecular complexity index is 1030. The van der Waals surface area contributed by atoms with E-state index >= 15 is 0 Å². The van der Waals surface area contributed by atoms with Crippen LogP contribution in [-0.2, 0) is 9.47 Å². The highest BCUT2D eigenvalue weighted by Gasteiger charge is 2.14. The van der Waals surface area contributed by atoms with Crippen molar-refractivity contribution in [3.63, 3.8) is 0 Å². The molecule has 1 heterocycles. The summed E-state index contributed by atoms with van der Waals surface area (Å²) in [6.07, 6.45) is 0. The smallest absolute Gasteiger partial charge is 0.338 e. The molecule has 1 amide bonds. The van der Waals surface area contributed by atoms with Gasteiger partial charge in [-0.25, -0.2) is 14.6 Å². The van der Waals surface area contributed by atoms with Crippen LogP contribution in [0.3, 0.4) is 0 Å². The zero-order chi connectivity index (χ0) is 19.4. The molecule has 0 saturated heterocycles. The zero-order valence-electron chi connectivity index (χ0n) is 14.6. The van der Waals surface area contributed by atoms with Crippen molar-refractivity contribution in [2.75, 3.05) is 19.0 Å². The molecule has 8 heteroatoms. The number of hydrogen-bond acceptors (Lipinski definition) is 7. The number of rotatable bonds is 5. The van der Waals surface area contributed by atoms with Crippen LogP contribution in [0.4, 0.5) is 5.13 Å². The van der Waals surface area contributed by atoms with Crippen LogP contribution < -0.4 is 5.32 Å². The molecule has 0 fully saturated rings. The predicted octanol–water partition coefficient (Wildman–Crippen LogP) is 3.51. The largest absolute Gasteiger partial charge is 0.465 e. The van der Waals surface area contributed by atoms with Gasteiger partial charge in [0.05, 0.1) is 35.1 Å². The molecule has 0 aliphatic heterocycles. The Morgan fingerprint density at radius 1 is 1.04 bits per heavy atom. The molecule has 0 aliphatic carbocycles. The van der Waals surface area contributed by atoms with Crippen LogP contribution in [0.5, 0.6) is 0 Å². The van der Waals surface area contributed by atoms with Gasteiger partial charge in [0.1, 0.15) is 0 Å². The first-order valence-corrected chi connectivity index (χ1v) is 8.91. The summed E-state index contributed by atoms with van der Waals surface area (Å²) in [4.78, 5) is 40.2. The van der Waals surface area contributed by atoms with Gasteiger partial charge in [-0.2, -0.15) is 0 Å². The Morgan fingerprint density at radius 2 is 1.78 bits per heavy atom. The molecule has 1 aromatic heterocycles. The van der Waals surface area contributed by atoms with Crippen molar-refractivity contribution in [2.24, 2.45) is 0 Å². The third kappa shape index (κ3) is 4.12. The van der Waals surface area contributed by atoms with E-state index in [0.717, 1.165) is 4.70 Å². The molecule has 0 atom stereocenters. The summed E-state index contributed by atoms with van der Waals surface area (Å²) in [5, 5.41) is 3.09. The number of ether oxygens (including phenoxy) is 2. The number of hydrogen-bond donors (Lipinski definition) is 1. The fourth-order valence-corrected chi connectivity index (χ4v) is 3.29. The molecule has 0 spiro atoms. The van der Waals surface area contributed by atoms with Gasteiger partial charge >= 0.3 is 11.9 Å². The van der Waals surface area contributed by atoms with E-state index in [4.69, 9.17) is 4.74 Å². The first-order chi connectivity index (χ1) is 13.0. The van der Waals surface area contributed by atoms with E-state index < -0.39 is 17.8 Å². The van der Waals surface area contributed by atoms with Gasteiger partial charge in [0, 0.05) is 5.56 Å². The second kappa shape index (κ2) is 7.96. The SMILES string of the molecule is CCOC(=O)c1ccc2nc(NC(=O)c3cccc(C(=O)OC)c3)sc2c1. The number of nitrogens with zero attached hydrogens (tertiary/aromatic N) is 1. The van der Waals surface area contributed by atoms with Crippen LogP contribution in [0.25, 0.3) is 10.2 Å². The van der Waals surface area contributed by atoms with E-state index in [1.165, 1.54) is 24.5 Å². The molecule has 3 rings (SSSR count). The van der Waals surface area contributed by atoms with Gasteiger partial charge in [-0.15, -0.1) is 0 Å². The number of amides is 1. The maximum absolute atomic E-state index is 12.4. The van der Waals surface area contributed by atoms with Crippen molar-refractivity contribution in [3.8, 4) is 0 Å². The second-order valence-corrected chi connectivity index (χ2v) is 6.48. The first-order valence-electron chi connectivity index (χ1n) is 8.09. The molecular formula is C19H16N2O5S. The lowest BCUT2D eigenvalue weighted by Gasteiger charge is -2.03. The molecule has 27 heavy (non-hydrogen) atoms. The lowest BCUT2D eigenvalue weighted by Crippen LogP contribution is -2.12. The monoisotopic (exact) mass is 384 g/mol. The fourth-order valence-electron chi connectivity index (χ4n) is 2.39. The summed E-state index contributed by atoms with van der Waals surface area (Å²) in [5.41, 5.74) is 1.68. The van der Waals surface area contributed by atoms with Crippen LogP contribution in [0.15, 0.2) is 42.5 Å². The Kier molecular flexibility index (Phi) is 5.46. The van der Waals surface area contributed by atoms with Gasteiger partial charge in [0.25, 0.3) is 5.91 Å². The third-order valence-corrected chi connectivity index (χ3v) is 4.60. The summed E-state index contributed by atoms with van der Waals surface area (Å²) >= 11 is 1.24. The Labute approximate surface area is 158 Å². The van der Waals surface area contributed by atoms with Crippen LogP contribution in [-0.4, -0.2) is 36.5 Å². The van der Waals surface area contributed by atoms with Crippen LogP contribution in [0, 0.1) is 0 Å². The number of aromatic nitrogens is 1. The van der Waals surface area contributed by atoms with E-state index in [1.54, 1.807) is 43.3 Å². The van der Waals surface area contributed by atoms with Crippen molar-refractivity contribution in [2.45, 2.75) is 6.92 Å². The molecule has 0 radical (unpaired) electrons. The van der Waals surface area contributed by atoms with Gasteiger partial charge in [-0.3, -0.25) is 10.1 Å². The number of benzene rings is 2. The van der Waals surface area contributed by atoms with Gasteiger partial charge in [0.2, 0.25) is 0 Å². The van der Waals surface area contributed by atoms with E-state index in [-0.39, 0.29) is 5.56 Å². The highest BCUT2D eigenvalue weighted by Crippen LogP contribution is 2.27. The number of methoxy groups -OCH3 is 1. The van der Waals surface area contributed by atoms with Crippen LogP contribution in [0.2, 0.25) is 0 Å². The highest BCUT2D eigenvalue weighted by molar-refractivity contribution is 7.22. The van der Waals surface area contributed by atoms with E-state index in [0.29, 0.717) is 28.4 Å². The maximum Gasteiger partial charge on any atom is 0.338 e. The number of carbonyl (C=O) groups excluding carboxylic acids is 3. The minimum absolute atomic E-state index is 0.286. The molecule has 2 aromatic carbocycles. The topological polar surface area (TPSA) is 94.6 Å². The number of carbonyl (C=O) groups is 3. The van der Waals surface area contributed by atoms with Crippen molar-refractivity contribution in [1.82, 2.24) is 4.98 Å². The summed E-state index contributed by atoms with van der Waals surface area (Å²) in [5.74, 6) is -1.32. The maximum atomic E-state index is 12.4. The average molecular weight is 384 g/mol. The van der Waals surface area contributed by atoms with Crippen molar-refractivity contribution in [3.05, 3.63) is 59.2 Å². The standard InChI is InChI=1S/C19H16N2O5S/c1-3-26-18(24)13-7-8-14-15(10-13)27-19(20-14)21-16(22)11-5-4-6-12(9-11)17(23)25-2/h4-10H,3H2,1-2H3,(H,20,21,22). The molecule has 0 unspecified atom stereocenters. The molecule has 138 valence electrons. The summed E-state index contributed by atoms with van der Waals surface area (Å²) in [7, 11) is 1.28. The molecule has 3 aromatic rings. The summed E-state index contributed by atoms with van der Waals surface area (Å²) in [6, 6.07) is 11.2. The third-order valence-electron chi connectivity index (χ3n) is 3.67. The molecular weight excluding hydrogens is 368 g/mol. The average Bonchev–Trinajstić information content (AvgIpc) is 3.08. The molecule has 0 bridgehead atoms. The summed E-state index contributed by atoms with van der Waals surface area (Å²) in [6.45, 7) is 2.04. The lowest BCUT2D eigenvalue weighted by atomic mass is 10.1. The quantitative estimate of drug-likeness (QED) is 0.677. The molecule has 1 N–H and O–H groups in total. The Morgan fingerprint density at radius 3 is 2.52 bits per heavy atom. The fraction of sp³-hybridized carbons (Fsp3) is 0.158. The molecule has 7 nitrogen and oxygen atoms in total. The minimum Gasteiger partial charge on any atom is -0.465 e. The normalized spacial score (nSPS) is 10.4. The molecule has 0 saturated carbocycles. The number of fused-ring (bicyclic) bond motifs is 1. The molecule has 0 aliphatic rings. The summed E-state index contributed by atoms with van der Waals surface area (Å²) < 4.78 is 10.4. The minimum atomic E-state index is -0.517.